The molecule has 2 atom stereocenters. The molecule has 2 aromatic carbocycles. The zero-order chi connectivity index (χ0) is 20.0. The Hall–Kier alpha value is -3.19. The van der Waals surface area contributed by atoms with E-state index in [0.29, 0.717) is 5.56 Å². The van der Waals surface area contributed by atoms with Crippen LogP contribution in [0.1, 0.15) is 28.4 Å². The summed E-state index contributed by atoms with van der Waals surface area (Å²) in [5, 5.41) is 21.7. The lowest BCUT2D eigenvalue weighted by Crippen LogP contribution is -2.48. The number of rotatable bonds is 7. The van der Waals surface area contributed by atoms with Gasteiger partial charge in [0, 0.05) is 18.1 Å². The Bertz CT molecular complexity index is 834. The van der Waals surface area contributed by atoms with Crippen molar-refractivity contribution in [3.63, 3.8) is 0 Å². The number of hydrogen-bond donors (Lipinski definition) is 3. The van der Waals surface area contributed by atoms with Crippen molar-refractivity contribution in [3.8, 4) is 5.75 Å². The highest BCUT2D eigenvalue weighted by molar-refractivity contribution is 5.97. The van der Waals surface area contributed by atoms with Crippen LogP contribution in [0.4, 0.5) is 0 Å². The van der Waals surface area contributed by atoms with Crippen LogP contribution in [0.25, 0.3) is 0 Å². The van der Waals surface area contributed by atoms with Crippen LogP contribution in [0.15, 0.2) is 48.5 Å². The van der Waals surface area contributed by atoms with Crippen LogP contribution in [0, 0.1) is 6.92 Å². The van der Waals surface area contributed by atoms with Gasteiger partial charge < -0.3 is 20.3 Å². The van der Waals surface area contributed by atoms with Gasteiger partial charge in [-0.2, -0.15) is 0 Å². The molecule has 27 heavy (non-hydrogen) atoms. The van der Waals surface area contributed by atoms with Crippen molar-refractivity contribution in [3.05, 3.63) is 65.2 Å². The van der Waals surface area contributed by atoms with Crippen molar-refractivity contribution >= 4 is 17.8 Å². The van der Waals surface area contributed by atoms with Gasteiger partial charge in [0.2, 0.25) is 0 Å². The first-order valence-electron chi connectivity index (χ1n) is 8.33. The topological polar surface area (TPSA) is 113 Å². The molecule has 0 fully saturated rings. The average molecular weight is 371 g/mol. The molecule has 142 valence electrons. The summed E-state index contributed by atoms with van der Waals surface area (Å²) in [4.78, 5) is 35.1. The van der Waals surface area contributed by atoms with Crippen LogP contribution in [0.2, 0.25) is 0 Å². The van der Waals surface area contributed by atoms with Crippen LogP contribution in [0.5, 0.6) is 5.75 Å². The largest absolute Gasteiger partial charge is 0.479 e. The van der Waals surface area contributed by atoms with Crippen molar-refractivity contribution in [2.45, 2.75) is 32.4 Å². The van der Waals surface area contributed by atoms with Gasteiger partial charge in [0.15, 0.2) is 6.10 Å². The van der Waals surface area contributed by atoms with Gasteiger partial charge in [-0.3, -0.25) is 9.59 Å². The van der Waals surface area contributed by atoms with Crippen molar-refractivity contribution in [1.29, 1.82) is 0 Å². The molecule has 2 rings (SSSR count). The van der Waals surface area contributed by atoms with Crippen LogP contribution >= 0.6 is 0 Å². The predicted octanol–water partition coefficient (Wildman–Crippen LogP) is 1.71. The molecule has 2 aromatic rings. The summed E-state index contributed by atoms with van der Waals surface area (Å²) < 4.78 is 5.06. The number of aliphatic carboxylic acids is 1. The maximum absolute atomic E-state index is 12.7. The highest BCUT2D eigenvalue weighted by Crippen LogP contribution is 2.22. The van der Waals surface area contributed by atoms with Gasteiger partial charge in [0.25, 0.3) is 5.91 Å². The number of hydrogen-bond acceptors (Lipinski definition) is 5. The molecule has 0 heterocycles. The van der Waals surface area contributed by atoms with Gasteiger partial charge in [0.05, 0.1) is 6.04 Å². The number of carbonyl (C=O) groups excluding carboxylic acids is 2. The third kappa shape index (κ3) is 5.39. The van der Waals surface area contributed by atoms with Gasteiger partial charge in [-0.25, -0.2) is 4.79 Å². The lowest BCUT2D eigenvalue weighted by Gasteiger charge is -2.22. The van der Waals surface area contributed by atoms with E-state index in [2.05, 4.69) is 5.32 Å². The molecule has 0 aliphatic heterocycles. The number of amides is 1. The summed E-state index contributed by atoms with van der Waals surface area (Å²) in [6, 6.07) is 12.6. The number of esters is 1. The van der Waals surface area contributed by atoms with E-state index >= 15 is 0 Å². The van der Waals surface area contributed by atoms with E-state index in [-0.39, 0.29) is 17.7 Å². The van der Waals surface area contributed by atoms with Crippen molar-refractivity contribution in [2.75, 3.05) is 0 Å². The maximum atomic E-state index is 12.7. The fraction of sp³-hybridized carbons (Fsp3) is 0.250. The highest BCUT2D eigenvalue weighted by Gasteiger charge is 2.28. The second-order valence-corrected chi connectivity index (χ2v) is 6.08. The number of carbonyl (C=O) groups is 3. The van der Waals surface area contributed by atoms with Gasteiger partial charge in [0.1, 0.15) is 5.75 Å². The zero-order valence-electron chi connectivity index (χ0n) is 15.0. The molecular weight excluding hydrogens is 350 g/mol. The minimum absolute atomic E-state index is 0.142. The Morgan fingerprint density at radius 1 is 1.07 bits per heavy atom. The van der Waals surface area contributed by atoms with Crippen LogP contribution in [-0.2, 0) is 16.0 Å². The van der Waals surface area contributed by atoms with Crippen LogP contribution < -0.4 is 10.1 Å². The number of benzene rings is 2. The molecule has 0 radical (unpaired) electrons. The molecule has 1 amide bonds. The minimum Gasteiger partial charge on any atom is -0.479 e. The first-order valence-corrected chi connectivity index (χ1v) is 8.33. The molecule has 0 saturated carbocycles. The van der Waals surface area contributed by atoms with E-state index in [1.54, 1.807) is 43.3 Å². The lowest BCUT2D eigenvalue weighted by molar-refractivity contribution is -0.148. The van der Waals surface area contributed by atoms with E-state index in [0.717, 1.165) is 5.56 Å². The Kier molecular flexibility index (Phi) is 6.67. The first kappa shape index (κ1) is 20.1. The molecular formula is C20H21NO6. The molecule has 0 bridgehead atoms. The van der Waals surface area contributed by atoms with Crippen molar-refractivity contribution in [1.82, 2.24) is 5.32 Å². The summed E-state index contributed by atoms with van der Waals surface area (Å²) in [5.41, 5.74) is 1.44. The summed E-state index contributed by atoms with van der Waals surface area (Å²) >= 11 is 0. The normalized spacial score (nSPS) is 12.7. The fourth-order valence-corrected chi connectivity index (χ4v) is 2.65. The van der Waals surface area contributed by atoms with Gasteiger partial charge in [-0.15, -0.1) is 0 Å². The van der Waals surface area contributed by atoms with E-state index in [1.807, 2.05) is 6.07 Å². The Balaban J connectivity index is 2.25. The van der Waals surface area contributed by atoms with Gasteiger partial charge in [-0.05, 0) is 31.0 Å². The molecule has 0 aliphatic rings. The van der Waals surface area contributed by atoms with E-state index in [4.69, 9.17) is 9.84 Å². The molecule has 0 aliphatic carbocycles. The third-order valence-electron chi connectivity index (χ3n) is 4.03. The first-order chi connectivity index (χ1) is 12.8. The number of nitrogens with one attached hydrogen (secondary N) is 1. The Morgan fingerprint density at radius 2 is 1.74 bits per heavy atom. The highest BCUT2D eigenvalue weighted by atomic mass is 16.5. The number of aliphatic hydroxyl groups excluding tert-OH is 1. The van der Waals surface area contributed by atoms with Crippen molar-refractivity contribution < 1.29 is 29.3 Å². The van der Waals surface area contributed by atoms with E-state index in [1.165, 1.54) is 13.0 Å². The second-order valence-electron chi connectivity index (χ2n) is 6.08. The quantitative estimate of drug-likeness (QED) is 0.504. The van der Waals surface area contributed by atoms with E-state index < -0.39 is 30.0 Å². The zero-order valence-corrected chi connectivity index (χ0v) is 15.0. The minimum atomic E-state index is -1.77. The molecule has 1 unspecified atom stereocenters. The number of ether oxygens (including phenoxy) is 1. The number of carboxylic acids is 1. The predicted molar refractivity (Wildman–Crippen MR) is 97.5 cm³/mol. The van der Waals surface area contributed by atoms with Crippen molar-refractivity contribution in [2.24, 2.45) is 0 Å². The molecule has 7 heteroatoms. The average Bonchev–Trinajstić information content (AvgIpc) is 2.62. The molecule has 0 spiro atoms. The molecule has 0 aromatic heterocycles. The lowest BCUT2D eigenvalue weighted by atomic mass is 10.00. The summed E-state index contributed by atoms with van der Waals surface area (Å²) in [5.74, 6) is -2.27. The summed E-state index contributed by atoms with van der Waals surface area (Å²) in [6.45, 7) is 2.87. The fourth-order valence-electron chi connectivity index (χ4n) is 2.65. The standard InChI is InChI=1S/C20H21NO6/c1-12-15(9-6-10-17(12)27-13(2)22)19(24)21-16(18(23)20(25)26)11-14-7-4-3-5-8-14/h3-10,16,18,23H,11H2,1-2H3,(H,21,24)(H,25,26)/t16?,18-/m0/s1. The number of aliphatic hydroxyl groups is 1. The van der Waals surface area contributed by atoms with Gasteiger partial charge >= 0.3 is 11.9 Å². The maximum Gasteiger partial charge on any atom is 0.334 e. The molecule has 7 nitrogen and oxygen atoms in total. The van der Waals surface area contributed by atoms with Gasteiger partial charge in [-0.1, -0.05) is 36.4 Å². The Morgan fingerprint density at radius 3 is 2.33 bits per heavy atom. The smallest absolute Gasteiger partial charge is 0.334 e. The van der Waals surface area contributed by atoms with Crippen LogP contribution in [0.3, 0.4) is 0 Å². The van der Waals surface area contributed by atoms with E-state index in [9.17, 15) is 19.5 Å². The summed E-state index contributed by atoms with van der Waals surface area (Å²) in [6.07, 6.45) is -1.63. The SMILES string of the molecule is CC(=O)Oc1cccc(C(=O)NC(Cc2ccccc2)[C@H](O)C(=O)O)c1C. The van der Waals surface area contributed by atoms with Crippen LogP contribution in [-0.4, -0.2) is 40.2 Å². The Labute approximate surface area is 156 Å². The molecule has 0 saturated heterocycles. The monoisotopic (exact) mass is 371 g/mol. The second kappa shape index (κ2) is 8.95. The number of carboxylic acid groups (broad SMARTS) is 1. The molecule has 3 N–H and O–H groups in total. The third-order valence-corrected chi connectivity index (χ3v) is 4.03. The summed E-state index contributed by atoms with van der Waals surface area (Å²) in [7, 11) is 0.